The first kappa shape index (κ1) is 129. The van der Waals surface area contributed by atoms with Crippen molar-refractivity contribution in [2.75, 3.05) is 13.2 Å². The number of esters is 4. The summed E-state index contributed by atoms with van der Waals surface area (Å²) in [4.78, 5) is 46.6. The number of rotatable bonds is 34. The Morgan fingerprint density at radius 2 is 0.567 bits per heavy atom. The van der Waals surface area contributed by atoms with E-state index >= 15 is 0 Å². The quantitative estimate of drug-likeness (QED) is 0.0127. The van der Waals surface area contributed by atoms with E-state index in [2.05, 4.69) is 132 Å². The van der Waals surface area contributed by atoms with Crippen LogP contribution in [-0.2, 0) is 49.5 Å². The Morgan fingerprint density at radius 3 is 0.851 bits per heavy atom. The lowest BCUT2D eigenvalue weighted by molar-refractivity contribution is -0.166. The molecule has 16 nitrogen and oxygen atoms in total. The molecular formula is C125H188O16. The predicted molar refractivity (Wildman–Crippen MR) is 588 cm³/mol. The number of ether oxygens (including phenoxy) is 8. The average molecular weight is 1950 g/mol. The first-order chi connectivity index (χ1) is 66.3. The van der Waals surface area contributed by atoms with Crippen molar-refractivity contribution in [1.29, 1.82) is 0 Å². The highest BCUT2D eigenvalue weighted by Gasteiger charge is 2.33. The summed E-state index contributed by atoms with van der Waals surface area (Å²) in [5, 5.41) is 36.0. The highest BCUT2D eigenvalue weighted by Crippen LogP contribution is 2.34. The SMILES string of the molecule is CCC(C)(C)C(=O)OC(C)(C)C.CCC(C)(C)C(=O)OC(C)(C)C.CCC(C)(C)C(=O)OCc1ccccc1.CCC(C)(C)C(=O)Oc1ccc(-c2ccccc2)cc1.CCC(C)c1ccc(O)cc1.CCC(C)c1ccc(O)cc1.CCC(C)c1ccc(O)cc1.CCC(C)c1ccc(O)cc1.CCC(C)c1ccc(OC(C)OCCC2CCCCC2)cc1.CCOC(C)Oc1ccc(C(C)CC)cc1. The highest BCUT2D eigenvalue weighted by molar-refractivity contribution is 5.79. The van der Waals surface area contributed by atoms with E-state index in [4.69, 9.17) is 58.3 Å². The van der Waals surface area contributed by atoms with Gasteiger partial charge in [0.15, 0.2) is 12.6 Å². The summed E-state index contributed by atoms with van der Waals surface area (Å²) in [5.74, 6) is 7.66. The number of phenolic OH excluding ortho intramolecular Hbond substituents is 4. The van der Waals surface area contributed by atoms with Gasteiger partial charge in [0.25, 0.3) is 0 Å². The van der Waals surface area contributed by atoms with Gasteiger partial charge in [-0.1, -0.05) is 288 Å². The molecule has 9 aromatic carbocycles. The van der Waals surface area contributed by atoms with E-state index < -0.39 is 5.41 Å². The molecule has 0 aliphatic heterocycles. The summed E-state index contributed by atoms with van der Waals surface area (Å²) in [6.45, 7) is 68.5. The number of phenols is 4. The Morgan fingerprint density at radius 1 is 0.305 bits per heavy atom. The van der Waals surface area contributed by atoms with E-state index in [0.29, 0.717) is 77.5 Å². The van der Waals surface area contributed by atoms with Crippen LogP contribution < -0.4 is 14.2 Å². The zero-order valence-electron chi connectivity index (χ0n) is 93.3. The van der Waals surface area contributed by atoms with Crippen molar-refractivity contribution in [2.45, 2.75) is 397 Å². The maximum Gasteiger partial charge on any atom is 0.316 e. The summed E-state index contributed by atoms with van der Waals surface area (Å²) >= 11 is 0. The summed E-state index contributed by atoms with van der Waals surface area (Å²) in [6, 6.07) is 73.9. The van der Waals surface area contributed by atoms with Crippen LogP contribution in [0.25, 0.3) is 11.1 Å². The Balaban J connectivity index is 0.000000792. The van der Waals surface area contributed by atoms with Crippen molar-refractivity contribution < 1.29 is 77.5 Å². The second-order valence-corrected chi connectivity index (χ2v) is 41.6. The van der Waals surface area contributed by atoms with E-state index in [1.165, 1.54) is 78.3 Å². The van der Waals surface area contributed by atoms with Crippen LogP contribution in [-0.4, -0.2) is 81.3 Å². The fourth-order valence-electron chi connectivity index (χ4n) is 12.9. The van der Waals surface area contributed by atoms with Crippen LogP contribution in [0, 0.1) is 27.6 Å². The number of hydrogen-bond acceptors (Lipinski definition) is 16. The smallest absolute Gasteiger partial charge is 0.316 e. The fraction of sp³-hybridized carbons (Fsp3) is 0.536. The molecule has 784 valence electrons. The normalized spacial score (nSPS) is 13.6. The molecule has 8 unspecified atom stereocenters. The molecule has 0 spiro atoms. The number of carbonyl (C=O) groups is 4. The van der Waals surface area contributed by atoms with Crippen LogP contribution in [0.2, 0.25) is 0 Å². The fourth-order valence-corrected chi connectivity index (χ4v) is 12.9. The van der Waals surface area contributed by atoms with E-state index in [1.54, 1.807) is 48.5 Å². The van der Waals surface area contributed by atoms with Gasteiger partial charge < -0.3 is 58.3 Å². The minimum absolute atomic E-state index is 0.113. The van der Waals surface area contributed by atoms with Gasteiger partial charge in [0.1, 0.15) is 58.1 Å². The van der Waals surface area contributed by atoms with Gasteiger partial charge in [0.2, 0.25) is 0 Å². The average Bonchev–Trinajstić information content (AvgIpc) is 0.851. The lowest BCUT2D eigenvalue weighted by Crippen LogP contribution is -2.33. The van der Waals surface area contributed by atoms with Gasteiger partial charge in [-0.3, -0.25) is 19.2 Å². The van der Waals surface area contributed by atoms with Gasteiger partial charge in [-0.25, -0.2) is 0 Å². The minimum atomic E-state index is -0.446. The lowest BCUT2D eigenvalue weighted by Gasteiger charge is -2.27. The third-order valence-electron chi connectivity index (χ3n) is 26.0. The maximum absolute atomic E-state index is 12.0. The predicted octanol–water partition coefficient (Wildman–Crippen LogP) is 34.9. The van der Waals surface area contributed by atoms with Gasteiger partial charge >= 0.3 is 23.9 Å². The Hall–Kier alpha value is -10.4. The van der Waals surface area contributed by atoms with E-state index in [0.717, 1.165) is 98.5 Å². The van der Waals surface area contributed by atoms with Crippen molar-refractivity contribution in [2.24, 2.45) is 27.6 Å². The molecule has 1 aliphatic rings. The molecule has 16 heteroatoms. The second-order valence-electron chi connectivity index (χ2n) is 41.6. The molecule has 10 rings (SSSR count). The monoisotopic (exact) mass is 1950 g/mol. The van der Waals surface area contributed by atoms with Crippen LogP contribution in [0.5, 0.6) is 40.2 Å². The third kappa shape index (κ3) is 55.1. The van der Waals surface area contributed by atoms with Crippen LogP contribution in [0.4, 0.5) is 0 Å². The maximum atomic E-state index is 12.0. The zero-order chi connectivity index (χ0) is 107. The van der Waals surface area contributed by atoms with Crippen molar-refractivity contribution in [3.63, 3.8) is 0 Å². The molecule has 0 amide bonds. The standard InChI is InChI=1S/C20H32O2.C18H20O2.C14H22O2.C13H18O2.2C10H20O2.4C10H14O/c1-4-16(2)19-10-12-20(13-11-19)22-17(3)21-15-14-18-8-6-5-7-9-18;1-4-18(2,3)17(19)20-16-12-10-15(11-13-16)14-8-6-5-7-9-14;1-5-11(3)13-7-9-14(10-8-13)16-12(4)15-6-2;1-4-13(2,3)12(14)15-10-11-8-6-5-7-9-11;2*1-7-10(5,6)8(11)12-9(2,3)4;4*1-3-8(2)9-4-6-10(11)7-5-9/h10-13,16-18H,4-9,14-15H2,1-3H3;5-13H,4H2,1-3H3;7-12H,5-6H2,1-4H3;5-9H,4,10H2,1-3H3;2*7H2,1-6H3;4*4-8,11H,3H2,1-2H3. The molecule has 0 aromatic heterocycles. The third-order valence-corrected chi connectivity index (χ3v) is 26.0. The van der Waals surface area contributed by atoms with Gasteiger partial charge in [0.05, 0.1) is 28.3 Å². The van der Waals surface area contributed by atoms with Crippen LogP contribution >= 0.6 is 0 Å². The van der Waals surface area contributed by atoms with E-state index in [-0.39, 0.29) is 63.9 Å². The van der Waals surface area contributed by atoms with Crippen molar-refractivity contribution >= 4 is 23.9 Å². The van der Waals surface area contributed by atoms with E-state index in [1.807, 2.05) is 279 Å². The molecule has 0 bridgehead atoms. The summed E-state index contributed by atoms with van der Waals surface area (Å²) < 4.78 is 43.8. The van der Waals surface area contributed by atoms with E-state index in [9.17, 15) is 19.2 Å². The molecule has 1 saturated carbocycles. The number of benzene rings is 9. The van der Waals surface area contributed by atoms with Crippen LogP contribution in [0.3, 0.4) is 0 Å². The van der Waals surface area contributed by atoms with Crippen molar-refractivity contribution in [1.82, 2.24) is 0 Å². The molecule has 9 aromatic rings. The Bertz CT molecular complexity index is 4490. The lowest BCUT2D eigenvalue weighted by atomic mass is 9.87. The summed E-state index contributed by atoms with van der Waals surface area (Å²) in [5.41, 5.74) is 8.93. The Labute approximate surface area is 855 Å². The van der Waals surface area contributed by atoms with Crippen LogP contribution in [0.1, 0.15) is 406 Å². The summed E-state index contributed by atoms with van der Waals surface area (Å²) in [6.07, 6.45) is 17.9. The zero-order valence-corrected chi connectivity index (χ0v) is 93.3. The van der Waals surface area contributed by atoms with Crippen molar-refractivity contribution in [3.05, 3.63) is 269 Å². The highest BCUT2D eigenvalue weighted by atomic mass is 16.7. The molecule has 8 atom stereocenters. The molecular weight excluding hydrogens is 1760 g/mol. The molecule has 0 radical (unpaired) electrons. The molecule has 141 heavy (non-hydrogen) atoms. The molecule has 4 N–H and O–H groups in total. The number of carbonyl (C=O) groups excluding carboxylic acids is 4. The van der Waals surface area contributed by atoms with Gasteiger partial charge in [-0.15, -0.1) is 0 Å². The van der Waals surface area contributed by atoms with Gasteiger partial charge in [-0.2, -0.15) is 0 Å². The van der Waals surface area contributed by atoms with Crippen LogP contribution in [0.15, 0.2) is 231 Å². The van der Waals surface area contributed by atoms with Gasteiger partial charge in [0, 0.05) is 6.61 Å². The first-order valence-corrected chi connectivity index (χ1v) is 52.2. The Kier molecular flexibility index (Phi) is 62.0. The second kappa shape index (κ2) is 67.9. The molecule has 1 fully saturated rings. The van der Waals surface area contributed by atoms with Crippen molar-refractivity contribution in [3.8, 4) is 51.4 Å². The molecule has 0 saturated heterocycles. The number of aromatic hydroxyl groups is 4. The number of hydrogen-bond donors (Lipinski definition) is 4. The topological polar surface area (TPSA) is 223 Å². The van der Waals surface area contributed by atoms with Gasteiger partial charge in [-0.05, 0) is 365 Å². The molecule has 1 aliphatic carbocycles. The summed E-state index contributed by atoms with van der Waals surface area (Å²) in [7, 11) is 0. The first-order valence-electron chi connectivity index (χ1n) is 52.2. The molecule has 0 heterocycles. The minimum Gasteiger partial charge on any atom is -0.508 e. The largest absolute Gasteiger partial charge is 0.508 e.